The Hall–Kier alpha value is -2.92. The van der Waals surface area contributed by atoms with Crippen LogP contribution in [-0.4, -0.2) is 63.2 Å². The van der Waals surface area contributed by atoms with Gasteiger partial charge in [-0.25, -0.2) is 0 Å². The predicted molar refractivity (Wildman–Crippen MR) is 121 cm³/mol. The van der Waals surface area contributed by atoms with E-state index in [0.717, 1.165) is 35.0 Å². The number of aliphatic hydroxyl groups is 1. The number of carbonyl (C=O) groups is 1. The van der Waals surface area contributed by atoms with Gasteiger partial charge in [-0.2, -0.15) is 5.26 Å². The molecule has 1 unspecified atom stereocenters. The third-order valence-corrected chi connectivity index (χ3v) is 5.21. The van der Waals surface area contributed by atoms with Crippen LogP contribution in [0.15, 0.2) is 42.0 Å². The fourth-order valence-corrected chi connectivity index (χ4v) is 3.53. The van der Waals surface area contributed by atoms with Crippen molar-refractivity contribution in [3.8, 4) is 6.07 Å². The summed E-state index contributed by atoms with van der Waals surface area (Å²) in [6, 6.07) is 14.7. The Morgan fingerprint density at radius 1 is 1.23 bits per heavy atom. The normalized spacial score (nSPS) is 15.7. The molecule has 1 amide bonds. The van der Waals surface area contributed by atoms with E-state index in [0.29, 0.717) is 32.4 Å². The van der Waals surface area contributed by atoms with Crippen LogP contribution in [0, 0.1) is 11.3 Å². The van der Waals surface area contributed by atoms with E-state index in [1.807, 2.05) is 30.3 Å². The van der Waals surface area contributed by atoms with Crippen molar-refractivity contribution >= 4 is 28.4 Å². The Morgan fingerprint density at radius 2 is 2.00 bits per heavy atom. The summed E-state index contributed by atoms with van der Waals surface area (Å²) in [6.45, 7) is 4.80. The minimum absolute atomic E-state index is 0.0187. The maximum Gasteiger partial charge on any atom is 0.262 e. The molecule has 1 atom stereocenters. The number of carbonyl (C=O) groups excluding carboxylic acids is 1. The molecule has 0 aromatic heterocycles. The summed E-state index contributed by atoms with van der Waals surface area (Å²) in [5, 5.41) is 23.2. The summed E-state index contributed by atoms with van der Waals surface area (Å²) in [4.78, 5) is 14.8. The van der Waals surface area contributed by atoms with Gasteiger partial charge in [-0.15, -0.1) is 0 Å². The molecule has 164 valence electrons. The molecule has 0 radical (unpaired) electrons. The molecule has 7 heteroatoms. The van der Waals surface area contributed by atoms with Gasteiger partial charge in [0.15, 0.2) is 0 Å². The highest BCUT2D eigenvalue weighted by atomic mass is 16.5. The van der Waals surface area contributed by atoms with Crippen molar-refractivity contribution in [3.63, 3.8) is 0 Å². The first kappa shape index (κ1) is 22.8. The van der Waals surface area contributed by atoms with Crippen molar-refractivity contribution < 1.29 is 19.4 Å². The van der Waals surface area contributed by atoms with Crippen molar-refractivity contribution in [1.29, 1.82) is 5.26 Å². The average molecular weight is 424 g/mol. The lowest BCUT2D eigenvalue weighted by Crippen LogP contribution is -2.28. The molecular weight excluding hydrogens is 394 g/mol. The second-order valence-corrected chi connectivity index (χ2v) is 7.31. The quantitative estimate of drug-likeness (QED) is 0.236. The lowest BCUT2D eigenvalue weighted by atomic mass is 10.0. The second-order valence-electron chi connectivity index (χ2n) is 7.31. The van der Waals surface area contributed by atoms with Crippen LogP contribution in [0.4, 0.5) is 5.69 Å². The van der Waals surface area contributed by atoms with Gasteiger partial charge < -0.3 is 24.8 Å². The molecule has 0 saturated carbocycles. The van der Waals surface area contributed by atoms with Crippen LogP contribution in [0.25, 0.3) is 16.8 Å². The van der Waals surface area contributed by atoms with Crippen molar-refractivity contribution in [2.75, 3.05) is 51.0 Å². The van der Waals surface area contributed by atoms with Crippen LogP contribution in [0.2, 0.25) is 0 Å². The zero-order valence-electron chi connectivity index (χ0n) is 17.8. The van der Waals surface area contributed by atoms with Gasteiger partial charge in [0.05, 0.1) is 38.7 Å². The van der Waals surface area contributed by atoms with Gasteiger partial charge >= 0.3 is 0 Å². The highest BCUT2D eigenvalue weighted by Crippen LogP contribution is 2.39. The van der Waals surface area contributed by atoms with Gasteiger partial charge in [0.2, 0.25) is 0 Å². The molecule has 2 aromatic carbocycles. The average Bonchev–Trinajstić information content (AvgIpc) is 3.58. The monoisotopic (exact) mass is 423 g/mol. The van der Waals surface area contributed by atoms with Gasteiger partial charge in [0.1, 0.15) is 11.6 Å². The first-order valence-electron chi connectivity index (χ1n) is 10.6. The Morgan fingerprint density at radius 3 is 2.71 bits per heavy atom. The first-order valence-corrected chi connectivity index (χ1v) is 10.6. The summed E-state index contributed by atoms with van der Waals surface area (Å²) in [5.74, 6) is -0.417. The molecule has 3 rings (SSSR count). The summed E-state index contributed by atoms with van der Waals surface area (Å²) < 4.78 is 10.5. The SMILES string of the molecule is CCC1CN1c1c(/C=C(\C#N)C(=O)NCCOCCOCCO)ccc2ccccc12. The van der Waals surface area contributed by atoms with Crippen LogP contribution < -0.4 is 10.2 Å². The zero-order valence-corrected chi connectivity index (χ0v) is 17.8. The van der Waals surface area contributed by atoms with Crippen molar-refractivity contribution in [2.45, 2.75) is 19.4 Å². The van der Waals surface area contributed by atoms with Crippen LogP contribution in [0.5, 0.6) is 0 Å². The summed E-state index contributed by atoms with van der Waals surface area (Å²) >= 11 is 0. The zero-order chi connectivity index (χ0) is 22.1. The van der Waals surface area contributed by atoms with E-state index >= 15 is 0 Å². The molecular formula is C24H29N3O4. The lowest BCUT2D eigenvalue weighted by Gasteiger charge is -2.14. The summed E-state index contributed by atoms with van der Waals surface area (Å²) in [5.41, 5.74) is 2.02. The molecule has 1 aliphatic heterocycles. The van der Waals surface area contributed by atoms with E-state index in [1.165, 1.54) is 0 Å². The number of anilines is 1. The Kier molecular flexibility index (Phi) is 8.42. The van der Waals surface area contributed by atoms with Gasteiger partial charge in [0, 0.05) is 24.5 Å². The predicted octanol–water partition coefficient (Wildman–Crippen LogP) is 2.49. The standard InChI is InChI=1S/C24H29N3O4/c1-2-21-17-27(21)23-19(8-7-18-5-3-4-6-22(18)23)15-20(16-25)24(29)26-9-11-30-13-14-31-12-10-28/h3-8,15,21,28H,2,9-14,17H2,1H3,(H,26,29)/b20-15+. The van der Waals surface area contributed by atoms with E-state index in [4.69, 9.17) is 14.6 Å². The van der Waals surface area contributed by atoms with Gasteiger partial charge in [-0.05, 0) is 23.4 Å². The van der Waals surface area contributed by atoms with Gasteiger partial charge in [-0.1, -0.05) is 43.3 Å². The molecule has 1 fully saturated rings. The van der Waals surface area contributed by atoms with Crippen LogP contribution in [0.1, 0.15) is 18.9 Å². The molecule has 1 heterocycles. The third-order valence-electron chi connectivity index (χ3n) is 5.21. The summed E-state index contributed by atoms with van der Waals surface area (Å²) in [6.07, 6.45) is 2.73. The molecule has 0 aliphatic carbocycles. The summed E-state index contributed by atoms with van der Waals surface area (Å²) in [7, 11) is 0. The number of benzene rings is 2. The number of nitrogens with zero attached hydrogens (tertiary/aromatic N) is 2. The van der Waals surface area contributed by atoms with E-state index in [-0.39, 0.29) is 18.8 Å². The van der Waals surface area contributed by atoms with Crippen molar-refractivity contribution in [2.24, 2.45) is 0 Å². The Labute approximate surface area is 182 Å². The molecule has 31 heavy (non-hydrogen) atoms. The largest absolute Gasteiger partial charge is 0.394 e. The number of ether oxygens (including phenoxy) is 2. The molecule has 1 aliphatic rings. The smallest absolute Gasteiger partial charge is 0.262 e. The number of nitrogens with one attached hydrogen (secondary N) is 1. The minimum Gasteiger partial charge on any atom is -0.394 e. The topological polar surface area (TPSA) is 94.6 Å². The second kappa shape index (κ2) is 11.5. The number of nitriles is 1. The van der Waals surface area contributed by atoms with E-state index in [2.05, 4.69) is 29.3 Å². The number of amides is 1. The molecule has 0 bridgehead atoms. The Bertz CT molecular complexity index is 967. The molecule has 7 nitrogen and oxygen atoms in total. The minimum atomic E-state index is -0.417. The third kappa shape index (κ3) is 6.05. The highest BCUT2D eigenvalue weighted by molar-refractivity contribution is 6.05. The first-order chi connectivity index (χ1) is 15.2. The molecule has 2 N–H and O–H groups in total. The van der Waals surface area contributed by atoms with Gasteiger partial charge in [0.25, 0.3) is 5.91 Å². The number of fused-ring (bicyclic) bond motifs is 1. The maximum absolute atomic E-state index is 12.5. The Balaban J connectivity index is 1.67. The molecule has 0 spiro atoms. The molecule has 2 aromatic rings. The van der Waals surface area contributed by atoms with Crippen molar-refractivity contribution in [3.05, 3.63) is 47.5 Å². The van der Waals surface area contributed by atoms with E-state index in [1.54, 1.807) is 6.08 Å². The fraction of sp³-hybridized carbons (Fsp3) is 0.417. The maximum atomic E-state index is 12.5. The van der Waals surface area contributed by atoms with Crippen molar-refractivity contribution in [1.82, 2.24) is 5.32 Å². The van der Waals surface area contributed by atoms with Crippen LogP contribution in [-0.2, 0) is 14.3 Å². The van der Waals surface area contributed by atoms with Crippen LogP contribution >= 0.6 is 0 Å². The number of hydrogen-bond acceptors (Lipinski definition) is 6. The number of rotatable bonds is 12. The van der Waals surface area contributed by atoms with Crippen LogP contribution in [0.3, 0.4) is 0 Å². The van der Waals surface area contributed by atoms with Gasteiger partial charge in [-0.3, -0.25) is 4.79 Å². The molecule has 1 saturated heterocycles. The lowest BCUT2D eigenvalue weighted by molar-refractivity contribution is -0.117. The van der Waals surface area contributed by atoms with E-state index < -0.39 is 5.91 Å². The number of hydrogen-bond donors (Lipinski definition) is 2. The van der Waals surface area contributed by atoms with E-state index in [9.17, 15) is 10.1 Å². The highest BCUT2D eigenvalue weighted by Gasteiger charge is 2.34. The number of aliphatic hydroxyl groups excluding tert-OH is 1. The fourth-order valence-electron chi connectivity index (χ4n) is 3.53.